The van der Waals surface area contributed by atoms with Gasteiger partial charge in [-0.25, -0.2) is 27.7 Å². The summed E-state index contributed by atoms with van der Waals surface area (Å²) in [5.41, 5.74) is 7.08. The van der Waals surface area contributed by atoms with E-state index in [-0.39, 0.29) is 22.9 Å². The van der Waals surface area contributed by atoms with Crippen LogP contribution in [0.3, 0.4) is 0 Å². The third-order valence-corrected chi connectivity index (χ3v) is 4.20. The first-order valence-electron chi connectivity index (χ1n) is 8.03. The summed E-state index contributed by atoms with van der Waals surface area (Å²) in [5, 5.41) is 6.82. The number of nitrogen functional groups attached to an aromatic ring is 1. The van der Waals surface area contributed by atoms with Crippen molar-refractivity contribution in [2.24, 2.45) is 0 Å². The summed E-state index contributed by atoms with van der Waals surface area (Å²) in [7, 11) is 1.62. The Labute approximate surface area is 150 Å². The topological polar surface area (TPSA) is 99.0 Å². The molecule has 4 aromatic heterocycles. The smallest absolute Gasteiger partial charge is 0.256 e. The highest BCUT2D eigenvalue weighted by molar-refractivity contribution is 5.89. The Morgan fingerprint density at radius 3 is 2.70 bits per heavy atom. The summed E-state index contributed by atoms with van der Waals surface area (Å²) < 4.78 is 43.1. The molecule has 11 heteroatoms. The van der Waals surface area contributed by atoms with Crippen molar-refractivity contribution in [3.8, 4) is 11.3 Å². The molecule has 0 fully saturated rings. The maximum atomic E-state index is 14.7. The second kappa shape index (κ2) is 6.11. The number of anilines is 2. The minimum Gasteiger partial charge on any atom is -0.371 e. The molecule has 0 aliphatic carbocycles. The van der Waals surface area contributed by atoms with Gasteiger partial charge in [0.2, 0.25) is 5.95 Å². The minimum absolute atomic E-state index is 0.0255. The van der Waals surface area contributed by atoms with E-state index in [0.29, 0.717) is 22.7 Å². The van der Waals surface area contributed by atoms with Crippen molar-refractivity contribution in [1.82, 2.24) is 29.1 Å². The molecule has 27 heavy (non-hydrogen) atoms. The van der Waals surface area contributed by atoms with E-state index in [1.165, 1.54) is 9.08 Å². The standard InChI is InChI=1S/C16H15F3N8/c1-7-22-10-4-3-9(23-15(10)26(7)6-11(18)19)12-8(17)5-27-13(12)14(21-2)24-16(20)25-27/h3-5,11H,6H2,1-2H3,(H3,20,21,24,25). The van der Waals surface area contributed by atoms with Crippen molar-refractivity contribution in [3.63, 3.8) is 0 Å². The van der Waals surface area contributed by atoms with E-state index in [1.54, 1.807) is 26.1 Å². The summed E-state index contributed by atoms with van der Waals surface area (Å²) in [6.45, 7) is 1.08. The normalized spacial score (nSPS) is 11.8. The number of aryl methyl sites for hydroxylation is 1. The molecule has 0 aliphatic heterocycles. The number of nitrogens with zero attached hydrogens (tertiary/aromatic N) is 6. The van der Waals surface area contributed by atoms with Gasteiger partial charge in [0.25, 0.3) is 6.43 Å². The highest BCUT2D eigenvalue weighted by atomic mass is 19.3. The van der Waals surface area contributed by atoms with Crippen molar-refractivity contribution in [3.05, 3.63) is 30.0 Å². The minimum atomic E-state index is -2.56. The van der Waals surface area contributed by atoms with Crippen LogP contribution < -0.4 is 11.1 Å². The van der Waals surface area contributed by atoms with Gasteiger partial charge in [-0.05, 0) is 19.1 Å². The number of nitrogens with one attached hydrogen (secondary N) is 1. The molecule has 0 spiro atoms. The van der Waals surface area contributed by atoms with Gasteiger partial charge in [-0.3, -0.25) is 0 Å². The Morgan fingerprint density at radius 1 is 1.22 bits per heavy atom. The van der Waals surface area contributed by atoms with Crippen LogP contribution in [-0.4, -0.2) is 42.6 Å². The van der Waals surface area contributed by atoms with Crippen molar-refractivity contribution in [1.29, 1.82) is 0 Å². The number of fused-ring (bicyclic) bond motifs is 2. The zero-order chi connectivity index (χ0) is 19.3. The molecule has 140 valence electrons. The molecule has 4 heterocycles. The highest BCUT2D eigenvalue weighted by Crippen LogP contribution is 2.32. The number of aromatic nitrogens is 6. The molecule has 0 bridgehead atoms. The molecular formula is C16H15F3N8. The second-order valence-electron chi connectivity index (χ2n) is 5.91. The van der Waals surface area contributed by atoms with Crippen molar-refractivity contribution < 1.29 is 13.2 Å². The number of alkyl halides is 2. The lowest BCUT2D eigenvalue weighted by molar-refractivity contribution is 0.127. The average molecular weight is 376 g/mol. The SMILES string of the molecule is CNc1nc(N)nn2cc(F)c(-c3ccc4nc(C)n(CC(F)F)c4n3)c12. The second-order valence-corrected chi connectivity index (χ2v) is 5.91. The monoisotopic (exact) mass is 376 g/mol. The zero-order valence-corrected chi connectivity index (χ0v) is 14.4. The lowest BCUT2D eigenvalue weighted by Crippen LogP contribution is -2.09. The van der Waals surface area contributed by atoms with E-state index < -0.39 is 18.8 Å². The zero-order valence-electron chi connectivity index (χ0n) is 14.4. The molecule has 0 amide bonds. The number of hydrogen-bond acceptors (Lipinski definition) is 6. The van der Waals surface area contributed by atoms with E-state index in [1.807, 2.05) is 0 Å². The fourth-order valence-corrected chi connectivity index (χ4v) is 3.10. The summed E-state index contributed by atoms with van der Waals surface area (Å²) in [6, 6.07) is 3.20. The van der Waals surface area contributed by atoms with Crippen LogP contribution >= 0.6 is 0 Å². The van der Waals surface area contributed by atoms with Crippen molar-refractivity contribution in [2.45, 2.75) is 19.9 Å². The summed E-state index contributed by atoms with van der Waals surface area (Å²) >= 11 is 0. The van der Waals surface area contributed by atoms with Gasteiger partial charge in [0.1, 0.15) is 16.9 Å². The number of pyridine rings is 1. The Kier molecular flexibility index (Phi) is 3.86. The molecule has 8 nitrogen and oxygen atoms in total. The summed E-state index contributed by atoms with van der Waals surface area (Å²) in [5.74, 6) is 0.113. The van der Waals surface area contributed by atoms with E-state index >= 15 is 0 Å². The number of rotatable bonds is 4. The van der Waals surface area contributed by atoms with Gasteiger partial charge in [-0.1, -0.05) is 0 Å². The Hall–Kier alpha value is -3.37. The fourth-order valence-electron chi connectivity index (χ4n) is 3.10. The van der Waals surface area contributed by atoms with Gasteiger partial charge < -0.3 is 15.6 Å². The van der Waals surface area contributed by atoms with Gasteiger partial charge in [0, 0.05) is 7.05 Å². The number of nitrogens with two attached hydrogens (primary N) is 1. The first-order valence-corrected chi connectivity index (χ1v) is 8.03. The third kappa shape index (κ3) is 2.71. The van der Waals surface area contributed by atoms with E-state index in [4.69, 9.17) is 5.73 Å². The molecule has 0 aliphatic rings. The van der Waals surface area contributed by atoms with Crippen LogP contribution in [0.25, 0.3) is 27.9 Å². The van der Waals surface area contributed by atoms with Gasteiger partial charge in [0.15, 0.2) is 17.3 Å². The van der Waals surface area contributed by atoms with Crippen LogP contribution in [0, 0.1) is 12.7 Å². The van der Waals surface area contributed by atoms with Crippen LogP contribution in [0.1, 0.15) is 5.82 Å². The van der Waals surface area contributed by atoms with Crippen LogP contribution in [-0.2, 0) is 6.54 Å². The molecule has 0 saturated carbocycles. The van der Waals surface area contributed by atoms with Gasteiger partial charge in [-0.15, -0.1) is 5.10 Å². The summed E-state index contributed by atoms with van der Waals surface area (Å²) in [4.78, 5) is 12.7. The van der Waals surface area contributed by atoms with Crippen molar-refractivity contribution >= 4 is 28.4 Å². The molecule has 3 N–H and O–H groups in total. The Morgan fingerprint density at radius 2 is 2.00 bits per heavy atom. The Bertz CT molecular complexity index is 1160. The van der Waals surface area contributed by atoms with Crippen LogP contribution in [0.5, 0.6) is 0 Å². The maximum Gasteiger partial charge on any atom is 0.256 e. The molecule has 0 unspecified atom stereocenters. The molecule has 0 aromatic carbocycles. The van der Waals surface area contributed by atoms with E-state index in [9.17, 15) is 13.2 Å². The fraction of sp³-hybridized carbons (Fsp3) is 0.250. The average Bonchev–Trinajstić information content (AvgIpc) is 3.09. The number of halogens is 3. The van der Waals surface area contributed by atoms with Crippen LogP contribution in [0.15, 0.2) is 18.3 Å². The molecule has 0 radical (unpaired) electrons. The third-order valence-electron chi connectivity index (χ3n) is 4.20. The van der Waals surface area contributed by atoms with Crippen LogP contribution in [0.4, 0.5) is 24.9 Å². The highest BCUT2D eigenvalue weighted by Gasteiger charge is 2.21. The van der Waals surface area contributed by atoms with Gasteiger partial charge in [0.05, 0.1) is 24.0 Å². The lowest BCUT2D eigenvalue weighted by Gasteiger charge is -2.08. The Balaban J connectivity index is 1.99. The lowest BCUT2D eigenvalue weighted by atomic mass is 10.1. The van der Waals surface area contributed by atoms with Gasteiger partial charge in [-0.2, -0.15) is 4.98 Å². The first kappa shape index (κ1) is 17.1. The van der Waals surface area contributed by atoms with Gasteiger partial charge >= 0.3 is 0 Å². The molecule has 0 atom stereocenters. The molecule has 0 saturated heterocycles. The quantitative estimate of drug-likeness (QED) is 0.568. The predicted molar refractivity (Wildman–Crippen MR) is 94.2 cm³/mol. The van der Waals surface area contributed by atoms with Crippen molar-refractivity contribution in [2.75, 3.05) is 18.1 Å². The molecule has 4 aromatic rings. The van der Waals surface area contributed by atoms with Crippen LogP contribution in [0.2, 0.25) is 0 Å². The summed E-state index contributed by atoms with van der Waals surface area (Å²) in [6.07, 6.45) is -1.40. The largest absolute Gasteiger partial charge is 0.371 e. The van der Waals surface area contributed by atoms with E-state index in [2.05, 4.69) is 25.4 Å². The number of imidazole rings is 1. The molecular weight excluding hydrogens is 361 g/mol. The number of hydrogen-bond donors (Lipinski definition) is 2. The molecule has 4 rings (SSSR count). The maximum absolute atomic E-state index is 14.7. The first-order chi connectivity index (χ1) is 12.9. The van der Waals surface area contributed by atoms with E-state index in [0.717, 1.165) is 6.20 Å². The predicted octanol–water partition coefficient (Wildman–Crippen LogP) is 2.48.